The standard InChI is InChI=1S/C16H19NO4/c1-16(2,3)21-15(19)17-13-8-6-10-9-11(14(18)20-4)5-7-12(10)13/h5,7,9H,6,8H2,1-4H3/b17-13+. The number of benzene rings is 1. The molecular formula is C16H19NO4. The van der Waals surface area contributed by atoms with Gasteiger partial charge in [-0.25, -0.2) is 9.59 Å². The average molecular weight is 289 g/mol. The predicted molar refractivity (Wildman–Crippen MR) is 78.9 cm³/mol. The molecule has 2 rings (SSSR count). The molecule has 0 unspecified atom stereocenters. The van der Waals surface area contributed by atoms with Crippen molar-refractivity contribution < 1.29 is 19.1 Å². The fraction of sp³-hybridized carbons (Fsp3) is 0.438. The van der Waals surface area contributed by atoms with E-state index in [0.29, 0.717) is 17.7 Å². The molecule has 1 amide bonds. The lowest BCUT2D eigenvalue weighted by molar-refractivity contribution is 0.0592. The summed E-state index contributed by atoms with van der Waals surface area (Å²) in [6, 6.07) is 5.27. The van der Waals surface area contributed by atoms with Crippen LogP contribution in [0.4, 0.5) is 4.79 Å². The number of amides is 1. The Balaban J connectivity index is 2.23. The Morgan fingerprint density at radius 3 is 2.52 bits per heavy atom. The van der Waals surface area contributed by atoms with Gasteiger partial charge in [-0.3, -0.25) is 0 Å². The molecule has 1 aliphatic rings. The van der Waals surface area contributed by atoms with Crippen LogP contribution in [0.1, 0.15) is 48.7 Å². The fourth-order valence-electron chi connectivity index (χ4n) is 2.23. The third-order valence-electron chi connectivity index (χ3n) is 3.09. The van der Waals surface area contributed by atoms with Gasteiger partial charge >= 0.3 is 12.1 Å². The first-order valence-corrected chi connectivity index (χ1v) is 6.82. The maximum Gasteiger partial charge on any atom is 0.434 e. The minimum absolute atomic E-state index is 0.365. The summed E-state index contributed by atoms with van der Waals surface area (Å²) < 4.78 is 9.89. The fourth-order valence-corrected chi connectivity index (χ4v) is 2.23. The second-order valence-corrected chi connectivity index (χ2v) is 5.90. The van der Waals surface area contributed by atoms with Crippen molar-refractivity contribution in [3.05, 3.63) is 34.9 Å². The van der Waals surface area contributed by atoms with E-state index in [4.69, 9.17) is 9.47 Å². The minimum Gasteiger partial charge on any atom is -0.465 e. The van der Waals surface area contributed by atoms with E-state index in [1.807, 2.05) is 0 Å². The van der Waals surface area contributed by atoms with Gasteiger partial charge in [0.2, 0.25) is 0 Å². The molecule has 1 aliphatic carbocycles. The van der Waals surface area contributed by atoms with Gasteiger partial charge in [-0.05, 0) is 56.9 Å². The first-order chi connectivity index (χ1) is 9.80. The number of esters is 1. The van der Waals surface area contributed by atoms with Gasteiger partial charge in [0.05, 0.1) is 18.4 Å². The van der Waals surface area contributed by atoms with Crippen LogP contribution in [0.2, 0.25) is 0 Å². The SMILES string of the molecule is COC(=O)c1ccc2c(c1)CC/C2=N\C(=O)OC(C)(C)C. The first kappa shape index (κ1) is 15.2. The van der Waals surface area contributed by atoms with Gasteiger partial charge in [-0.2, -0.15) is 4.99 Å². The van der Waals surface area contributed by atoms with E-state index in [0.717, 1.165) is 17.5 Å². The second-order valence-electron chi connectivity index (χ2n) is 5.90. The van der Waals surface area contributed by atoms with E-state index in [1.54, 1.807) is 39.0 Å². The number of carbonyl (C=O) groups excluding carboxylic acids is 2. The number of hydrogen-bond donors (Lipinski definition) is 0. The van der Waals surface area contributed by atoms with Gasteiger partial charge < -0.3 is 9.47 Å². The summed E-state index contributed by atoms with van der Waals surface area (Å²) in [5.41, 5.74) is 2.55. The zero-order valence-electron chi connectivity index (χ0n) is 12.7. The average Bonchev–Trinajstić information content (AvgIpc) is 2.78. The van der Waals surface area contributed by atoms with E-state index < -0.39 is 11.7 Å². The molecule has 0 atom stereocenters. The molecular weight excluding hydrogens is 270 g/mol. The molecule has 5 heteroatoms. The van der Waals surface area contributed by atoms with Crippen LogP contribution < -0.4 is 0 Å². The summed E-state index contributed by atoms with van der Waals surface area (Å²) in [5, 5.41) is 0. The highest BCUT2D eigenvalue weighted by Crippen LogP contribution is 2.24. The Bertz CT molecular complexity index is 611. The van der Waals surface area contributed by atoms with Crippen LogP contribution in [0, 0.1) is 0 Å². The Labute approximate surface area is 124 Å². The summed E-state index contributed by atoms with van der Waals surface area (Å²) in [6.07, 6.45) is 0.837. The summed E-state index contributed by atoms with van der Waals surface area (Å²) in [7, 11) is 1.35. The van der Waals surface area contributed by atoms with Crippen molar-refractivity contribution >= 4 is 17.8 Å². The summed E-state index contributed by atoms with van der Waals surface area (Å²) in [5.74, 6) is -0.365. The Hall–Kier alpha value is -2.17. The quantitative estimate of drug-likeness (QED) is 0.745. The maximum absolute atomic E-state index is 11.8. The number of rotatable bonds is 1. The van der Waals surface area contributed by atoms with Crippen molar-refractivity contribution in [3.8, 4) is 0 Å². The summed E-state index contributed by atoms with van der Waals surface area (Å²) in [4.78, 5) is 27.3. The van der Waals surface area contributed by atoms with Crippen LogP contribution in [0.15, 0.2) is 23.2 Å². The van der Waals surface area contributed by atoms with E-state index in [1.165, 1.54) is 7.11 Å². The van der Waals surface area contributed by atoms with Crippen molar-refractivity contribution in [2.24, 2.45) is 4.99 Å². The highest BCUT2D eigenvalue weighted by Gasteiger charge is 2.22. The Kier molecular flexibility index (Phi) is 4.11. The molecule has 0 fully saturated rings. The largest absolute Gasteiger partial charge is 0.465 e. The maximum atomic E-state index is 11.8. The van der Waals surface area contributed by atoms with Gasteiger partial charge in [-0.15, -0.1) is 0 Å². The number of aryl methyl sites for hydroxylation is 1. The van der Waals surface area contributed by atoms with Gasteiger partial charge in [0, 0.05) is 0 Å². The van der Waals surface area contributed by atoms with Gasteiger partial charge in [0.1, 0.15) is 5.60 Å². The molecule has 1 aromatic carbocycles. The lowest BCUT2D eigenvalue weighted by Gasteiger charge is -2.17. The highest BCUT2D eigenvalue weighted by molar-refractivity contribution is 6.09. The molecule has 112 valence electrons. The van der Waals surface area contributed by atoms with E-state index in [-0.39, 0.29) is 5.97 Å². The minimum atomic E-state index is -0.581. The van der Waals surface area contributed by atoms with E-state index >= 15 is 0 Å². The number of nitrogens with zero attached hydrogens (tertiary/aromatic N) is 1. The molecule has 5 nitrogen and oxygen atoms in total. The van der Waals surface area contributed by atoms with Gasteiger partial charge in [0.15, 0.2) is 0 Å². The smallest absolute Gasteiger partial charge is 0.434 e. The molecule has 0 saturated heterocycles. The van der Waals surface area contributed by atoms with Crippen LogP contribution in [0.25, 0.3) is 0 Å². The van der Waals surface area contributed by atoms with Crippen molar-refractivity contribution in [3.63, 3.8) is 0 Å². The number of aliphatic imine (C=N–C) groups is 1. The number of carbonyl (C=O) groups is 2. The summed E-state index contributed by atoms with van der Waals surface area (Å²) >= 11 is 0. The monoisotopic (exact) mass is 289 g/mol. The Morgan fingerprint density at radius 2 is 1.90 bits per heavy atom. The predicted octanol–water partition coefficient (Wildman–Crippen LogP) is 3.14. The molecule has 0 heterocycles. The molecule has 0 N–H and O–H groups in total. The molecule has 0 bridgehead atoms. The second kappa shape index (κ2) is 5.68. The lowest BCUT2D eigenvalue weighted by Crippen LogP contribution is -2.22. The normalized spacial score (nSPS) is 15.7. The van der Waals surface area contributed by atoms with Crippen LogP contribution in [0.3, 0.4) is 0 Å². The van der Waals surface area contributed by atoms with Crippen LogP contribution in [0.5, 0.6) is 0 Å². The van der Waals surface area contributed by atoms with Crippen molar-refractivity contribution in [2.45, 2.75) is 39.2 Å². The first-order valence-electron chi connectivity index (χ1n) is 6.82. The van der Waals surface area contributed by atoms with Crippen molar-refractivity contribution in [1.29, 1.82) is 0 Å². The molecule has 0 radical (unpaired) electrons. The summed E-state index contributed by atoms with van der Waals surface area (Å²) in [6.45, 7) is 5.41. The molecule has 0 saturated carbocycles. The third kappa shape index (κ3) is 3.68. The van der Waals surface area contributed by atoms with E-state index in [2.05, 4.69) is 4.99 Å². The Morgan fingerprint density at radius 1 is 1.19 bits per heavy atom. The molecule has 0 aromatic heterocycles. The molecule has 1 aromatic rings. The third-order valence-corrected chi connectivity index (χ3v) is 3.09. The highest BCUT2D eigenvalue weighted by atomic mass is 16.6. The van der Waals surface area contributed by atoms with Crippen molar-refractivity contribution in [1.82, 2.24) is 0 Å². The van der Waals surface area contributed by atoms with Crippen LogP contribution >= 0.6 is 0 Å². The molecule has 21 heavy (non-hydrogen) atoms. The molecule has 0 spiro atoms. The van der Waals surface area contributed by atoms with Crippen LogP contribution in [-0.2, 0) is 15.9 Å². The number of fused-ring (bicyclic) bond motifs is 1. The number of methoxy groups -OCH3 is 1. The topological polar surface area (TPSA) is 65.0 Å². The van der Waals surface area contributed by atoms with Gasteiger partial charge in [0.25, 0.3) is 0 Å². The van der Waals surface area contributed by atoms with Crippen LogP contribution in [-0.4, -0.2) is 30.5 Å². The number of ether oxygens (including phenoxy) is 2. The van der Waals surface area contributed by atoms with Gasteiger partial charge in [-0.1, -0.05) is 6.07 Å². The molecule has 0 aliphatic heterocycles. The lowest BCUT2D eigenvalue weighted by atomic mass is 10.1. The zero-order valence-corrected chi connectivity index (χ0v) is 12.7. The zero-order chi connectivity index (χ0) is 15.6. The van der Waals surface area contributed by atoms with Crippen molar-refractivity contribution in [2.75, 3.05) is 7.11 Å². The van der Waals surface area contributed by atoms with E-state index in [9.17, 15) is 9.59 Å². The number of hydrogen-bond acceptors (Lipinski definition) is 4.